The molecule has 1 aliphatic heterocycles. The number of amides is 1. The van der Waals surface area contributed by atoms with E-state index in [1.807, 2.05) is 4.90 Å². The molecule has 2 fully saturated rings. The van der Waals surface area contributed by atoms with Gasteiger partial charge in [-0.15, -0.1) is 0 Å². The second-order valence-corrected chi connectivity index (χ2v) is 8.00. The molecule has 1 aromatic heterocycles. The summed E-state index contributed by atoms with van der Waals surface area (Å²) in [5.74, 6) is 0.193. The second kappa shape index (κ2) is 7.97. The summed E-state index contributed by atoms with van der Waals surface area (Å²) in [5.41, 5.74) is 0.486. The molecule has 2 heterocycles. The van der Waals surface area contributed by atoms with Gasteiger partial charge in [0, 0.05) is 37.1 Å². The maximum atomic E-state index is 13.2. The van der Waals surface area contributed by atoms with Crippen LogP contribution in [0.4, 0.5) is 4.39 Å². The predicted molar refractivity (Wildman–Crippen MR) is 103 cm³/mol. The van der Waals surface area contributed by atoms with Crippen molar-refractivity contribution < 1.29 is 23.2 Å². The molecule has 6 nitrogen and oxygen atoms in total. The van der Waals surface area contributed by atoms with E-state index in [0.717, 1.165) is 24.8 Å². The van der Waals surface area contributed by atoms with Gasteiger partial charge in [0.25, 0.3) is 0 Å². The molecule has 0 N–H and O–H groups in total. The van der Waals surface area contributed by atoms with Crippen molar-refractivity contribution in [1.82, 2.24) is 10.1 Å². The fourth-order valence-electron chi connectivity index (χ4n) is 4.06. The van der Waals surface area contributed by atoms with E-state index >= 15 is 0 Å². The highest BCUT2D eigenvalue weighted by molar-refractivity contribution is 5.83. The molecule has 1 aliphatic carbocycles. The summed E-state index contributed by atoms with van der Waals surface area (Å²) in [7, 11) is 0. The quantitative estimate of drug-likeness (QED) is 0.693. The van der Waals surface area contributed by atoms with E-state index in [2.05, 4.69) is 5.16 Å². The third-order valence-corrected chi connectivity index (χ3v) is 5.74. The predicted octanol–water partition coefficient (Wildman–Crippen LogP) is 3.61. The van der Waals surface area contributed by atoms with Gasteiger partial charge in [-0.05, 0) is 56.9 Å². The number of rotatable bonds is 6. The average molecular weight is 400 g/mol. The van der Waals surface area contributed by atoms with Crippen LogP contribution in [0.25, 0.3) is 11.3 Å². The minimum atomic E-state index is -0.835. The number of hydrogen-bond donors (Lipinski definition) is 0. The topological polar surface area (TPSA) is 72.6 Å². The van der Waals surface area contributed by atoms with Crippen LogP contribution in [0.5, 0.6) is 0 Å². The summed E-state index contributed by atoms with van der Waals surface area (Å²) in [6.45, 7) is 3.08. The fourth-order valence-corrected chi connectivity index (χ4v) is 4.06. The number of esters is 1. The molecule has 1 atom stereocenters. The SMILES string of the molecule is CCOC(=O)C1(Cc2cc(-c3ccc(F)cc3)no2)CCCN(C(=O)C2CC2)C1. The van der Waals surface area contributed by atoms with Crippen LogP contribution in [-0.4, -0.2) is 41.6 Å². The van der Waals surface area contributed by atoms with E-state index < -0.39 is 5.41 Å². The van der Waals surface area contributed by atoms with E-state index in [1.165, 1.54) is 12.1 Å². The summed E-state index contributed by atoms with van der Waals surface area (Å²) in [6.07, 6.45) is 3.56. The molecular formula is C22H25FN2O4. The Kier molecular flexibility index (Phi) is 5.39. The lowest BCUT2D eigenvalue weighted by molar-refractivity contribution is -0.161. The minimum absolute atomic E-state index is 0.114. The zero-order valence-corrected chi connectivity index (χ0v) is 16.5. The Morgan fingerprint density at radius 1 is 1.31 bits per heavy atom. The van der Waals surface area contributed by atoms with Crippen molar-refractivity contribution in [3.05, 3.63) is 41.9 Å². The zero-order chi connectivity index (χ0) is 20.4. The molecule has 1 saturated carbocycles. The number of piperidine rings is 1. The van der Waals surface area contributed by atoms with Gasteiger partial charge >= 0.3 is 5.97 Å². The molecule has 7 heteroatoms. The van der Waals surface area contributed by atoms with Crippen LogP contribution in [0, 0.1) is 17.2 Å². The van der Waals surface area contributed by atoms with Crippen LogP contribution >= 0.6 is 0 Å². The highest BCUT2D eigenvalue weighted by Crippen LogP contribution is 2.39. The number of nitrogens with zero attached hydrogens (tertiary/aromatic N) is 2. The lowest BCUT2D eigenvalue weighted by Crippen LogP contribution is -2.52. The number of likely N-dealkylation sites (tertiary alicyclic amines) is 1. The van der Waals surface area contributed by atoms with Crippen molar-refractivity contribution >= 4 is 11.9 Å². The molecule has 1 saturated heterocycles. The first kappa shape index (κ1) is 19.6. The molecule has 0 radical (unpaired) electrons. The van der Waals surface area contributed by atoms with E-state index in [1.54, 1.807) is 25.1 Å². The van der Waals surface area contributed by atoms with Gasteiger partial charge in [-0.1, -0.05) is 5.16 Å². The fraction of sp³-hybridized carbons (Fsp3) is 0.500. The molecule has 1 amide bonds. The van der Waals surface area contributed by atoms with Crippen LogP contribution in [0.15, 0.2) is 34.9 Å². The van der Waals surface area contributed by atoms with Crippen LogP contribution in [0.3, 0.4) is 0 Å². The van der Waals surface area contributed by atoms with E-state index in [-0.39, 0.29) is 30.2 Å². The van der Waals surface area contributed by atoms with Crippen molar-refractivity contribution in [3.8, 4) is 11.3 Å². The van der Waals surface area contributed by atoms with Crippen molar-refractivity contribution in [3.63, 3.8) is 0 Å². The van der Waals surface area contributed by atoms with Gasteiger partial charge in [-0.3, -0.25) is 9.59 Å². The first-order valence-corrected chi connectivity index (χ1v) is 10.2. The Hall–Kier alpha value is -2.70. The van der Waals surface area contributed by atoms with E-state index in [9.17, 15) is 14.0 Å². The van der Waals surface area contributed by atoms with Crippen molar-refractivity contribution in [1.29, 1.82) is 0 Å². The van der Waals surface area contributed by atoms with Crippen molar-refractivity contribution in [2.45, 2.75) is 39.0 Å². The second-order valence-electron chi connectivity index (χ2n) is 8.00. The molecule has 0 bridgehead atoms. The van der Waals surface area contributed by atoms with Gasteiger partial charge in [0.1, 0.15) is 17.3 Å². The Bertz CT molecular complexity index is 890. The lowest BCUT2D eigenvalue weighted by Gasteiger charge is -2.40. The van der Waals surface area contributed by atoms with Crippen molar-refractivity contribution in [2.75, 3.05) is 19.7 Å². The smallest absolute Gasteiger partial charge is 0.314 e. The van der Waals surface area contributed by atoms with Crippen LogP contribution in [0.1, 0.15) is 38.4 Å². The number of benzene rings is 1. The molecular weight excluding hydrogens is 375 g/mol. The Labute approximate surface area is 169 Å². The highest BCUT2D eigenvalue weighted by atomic mass is 19.1. The van der Waals surface area contributed by atoms with Gasteiger partial charge < -0.3 is 14.2 Å². The molecule has 1 unspecified atom stereocenters. The largest absolute Gasteiger partial charge is 0.466 e. The summed E-state index contributed by atoms with van der Waals surface area (Å²) in [6, 6.07) is 7.78. The molecule has 4 rings (SSSR count). The molecule has 154 valence electrons. The number of ether oxygens (including phenoxy) is 1. The monoisotopic (exact) mass is 400 g/mol. The molecule has 0 spiro atoms. The maximum Gasteiger partial charge on any atom is 0.314 e. The standard InChI is InChI=1S/C22H25FN2O4/c1-2-28-21(27)22(10-3-11-25(14-22)20(26)16-4-5-16)13-18-12-19(24-29-18)15-6-8-17(23)9-7-15/h6-9,12,16H,2-5,10-11,13-14H2,1H3. The van der Waals surface area contributed by atoms with Gasteiger partial charge in [-0.2, -0.15) is 0 Å². The molecule has 2 aromatic rings. The van der Waals surface area contributed by atoms with Gasteiger partial charge in [0.2, 0.25) is 5.91 Å². The molecule has 29 heavy (non-hydrogen) atoms. The molecule has 2 aliphatic rings. The normalized spacial score (nSPS) is 21.8. The van der Waals surface area contributed by atoms with Crippen LogP contribution in [-0.2, 0) is 20.7 Å². The summed E-state index contributed by atoms with van der Waals surface area (Å²) < 4.78 is 24.1. The zero-order valence-electron chi connectivity index (χ0n) is 16.5. The third kappa shape index (κ3) is 4.18. The average Bonchev–Trinajstić information content (AvgIpc) is 3.48. The summed E-state index contributed by atoms with van der Waals surface area (Å²) in [5, 5.41) is 4.08. The summed E-state index contributed by atoms with van der Waals surface area (Å²) in [4.78, 5) is 27.3. The van der Waals surface area contributed by atoms with Gasteiger partial charge in [0.15, 0.2) is 0 Å². The number of hydrogen-bond acceptors (Lipinski definition) is 5. The molecule has 1 aromatic carbocycles. The number of carbonyl (C=O) groups excluding carboxylic acids is 2. The van der Waals surface area contributed by atoms with Crippen LogP contribution in [0.2, 0.25) is 0 Å². The number of carbonyl (C=O) groups is 2. The van der Waals surface area contributed by atoms with Crippen molar-refractivity contribution in [2.24, 2.45) is 11.3 Å². The highest BCUT2D eigenvalue weighted by Gasteiger charge is 2.47. The van der Waals surface area contributed by atoms with E-state index in [0.29, 0.717) is 37.4 Å². The Morgan fingerprint density at radius 2 is 2.07 bits per heavy atom. The van der Waals surface area contributed by atoms with Gasteiger partial charge in [0.05, 0.1) is 12.0 Å². The Morgan fingerprint density at radius 3 is 2.76 bits per heavy atom. The number of aromatic nitrogens is 1. The lowest BCUT2D eigenvalue weighted by atomic mass is 9.76. The minimum Gasteiger partial charge on any atom is -0.466 e. The first-order chi connectivity index (χ1) is 14.0. The maximum absolute atomic E-state index is 13.2. The third-order valence-electron chi connectivity index (χ3n) is 5.74. The number of halogens is 1. The summed E-state index contributed by atoms with van der Waals surface area (Å²) >= 11 is 0. The van der Waals surface area contributed by atoms with Crippen LogP contribution < -0.4 is 0 Å². The first-order valence-electron chi connectivity index (χ1n) is 10.2. The van der Waals surface area contributed by atoms with E-state index in [4.69, 9.17) is 9.26 Å². The Balaban J connectivity index is 1.56. The van der Waals surface area contributed by atoms with Gasteiger partial charge in [-0.25, -0.2) is 4.39 Å².